The largest absolute Gasteiger partial charge is 0.495 e. The summed E-state index contributed by atoms with van der Waals surface area (Å²) in [6.07, 6.45) is 1.41. The molecule has 0 aliphatic heterocycles. The van der Waals surface area contributed by atoms with Gasteiger partial charge in [0.2, 0.25) is 5.43 Å². The number of hydrogen-bond donors (Lipinski definition) is 3. The maximum Gasteiger partial charge on any atom is 0.319 e. The molecule has 1 aromatic heterocycles. The number of ether oxygens (including phenoxy) is 1. The average molecular weight is 341 g/mol. The van der Waals surface area contributed by atoms with E-state index >= 15 is 0 Å². The Morgan fingerprint density at radius 2 is 2.04 bits per heavy atom. The van der Waals surface area contributed by atoms with Gasteiger partial charge < -0.3 is 20.4 Å². The predicted octanol–water partition coefficient (Wildman–Crippen LogP) is 3.00. The first kappa shape index (κ1) is 16.5. The summed E-state index contributed by atoms with van der Waals surface area (Å²) in [4.78, 5) is 27.4. The SMILES string of the molecule is COc1cccc2c(=O)c(NC(=O)NCc3cccc(F)c3)c[nH]c12. The van der Waals surface area contributed by atoms with Gasteiger partial charge in [-0.3, -0.25) is 4.79 Å². The topological polar surface area (TPSA) is 83.2 Å². The van der Waals surface area contributed by atoms with Crippen molar-refractivity contribution in [2.24, 2.45) is 0 Å². The van der Waals surface area contributed by atoms with Crippen LogP contribution in [0.4, 0.5) is 14.9 Å². The van der Waals surface area contributed by atoms with Gasteiger partial charge in [-0.1, -0.05) is 18.2 Å². The summed E-state index contributed by atoms with van der Waals surface area (Å²) < 4.78 is 18.3. The zero-order valence-corrected chi connectivity index (χ0v) is 13.4. The van der Waals surface area contributed by atoms with E-state index in [4.69, 9.17) is 4.74 Å². The van der Waals surface area contributed by atoms with Gasteiger partial charge >= 0.3 is 6.03 Å². The van der Waals surface area contributed by atoms with Crippen LogP contribution in [0.5, 0.6) is 5.75 Å². The number of benzene rings is 2. The highest BCUT2D eigenvalue weighted by Crippen LogP contribution is 2.21. The lowest BCUT2D eigenvalue weighted by Crippen LogP contribution is -2.30. The lowest BCUT2D eigenvalue weighted by molar-refractivity contribution is 0.251. The summed E-state index contributed by atoms with van der Waals surface area (Å²) in [6.45, 7) is 0.142. The number of carbonyl (C=O) groups excluding carboxylic acids is 1. The van der Waals surface area contributed by atoms with E-state index < -0.39 is 6.03 Å². The Bertz CT molecular complexity index is 985. The molecule has 0 bridgehead atoms. The van der Waals surface area contributed by atoms with E-state index in [1.54, 1.807) is 30.3 Å². The van der Waals surface area contributed by atoms with E-state index in [0.29, 0.717) is 22.2 Å². The van der Waals surface area contributed by atoms with Crippen LogP contribution in [0.25, 0.3) is 10.9 Å². The van der Waals surface area contributed by atoms with Crippen molar-refractivity contribution in [3.05, 3.63) is 70.3 Å². The fraction of sp³-hybridized carbons (Fsp3) is 0.111. The maximum atomic E-state index is 13.1. The van der Waals surface area contributed by atoms with E-state index in [1.165, 1.54) is 25.4 Å². The zero-order chi connectivity index (χ0) is 17.8. The highest BCUT2D eigenvalue weighted by molar-refractivity contribution is 5.93. The normalized spacial score (nSPS) is 10.5. The number of aromatic nitrogens is 1. The van der Waals surface area contributed by atoms with E-state index in [0.717, 1.165) is 0 Å². The van der Waals surface area contributed by atoms with Gasteiger partial charge in [0.05, 0.1) is 18.0 Å². The number of anilines is 1. The highest BCUT2D eigenvalue weighted by atomic mass is 19.1. The Kier molecular flexibility index (Phi) is 4.65. The van der Waals surface area contributed by atoms with Crippen LogP contribution in [0.3, 0.4) is 0 Å². The molecule has 3 N–H and O–H groups in total. The zero-order valence-electron chi connectivity index (χ0n) is 13.4. The van der Waals surface area contributed by atoms with Crippen LogP contribution in [0.2, 0.25) is 0 Å². The Hall–Kier alpha value is -3.35. The molecule has 0 saturated heterocycles. The molecule has 1 heterocycles. The van der Waals surface area contributed by atoms with Crippen LogP contribution < -0.4 is 20.8 Å². The van der Waals surface area contributed by atoms with Crippen molar-refractivity contribution >= 4 is 22.6 Å². The number of fused-ring (bicyclic) bond motifs is 1. The predicted molar refractivity (Wildman–Crippen MR) is 93.4 cm³/mol. The molecule has 0 aliphatic rings. The maximum absolute atomic E-state index is 13.1. The molecule has 0 spiro atoms. The Morgan fingerprint density at radius 1 is 1.24 bits per heavy atom. The van der Waals surface area contributed by atoms with Crippen molar-refractivity contribution < 1.29 is 13.9 Å². The van der Waals surface area contributed by atoms with Gasteiger partial charge in [0.1, 0.15) is 17.3 Å². The third-order valence-electron chi connectivity index (χ3n) is 3.69. The van der Waals surface area contributed by atoms with Gasteiger partial charge in [-0.15, -0.1) is 0 Å². The highest BCUT2D eigenvalue weighted by Gasteiger charge is 2.11. The third kappa shape index (κ3) is 3.60. The standard InChI is InChI=1S/C18H16FN3O3/c1-25-15-7-3-6-13-16(15)20-10-14(17(13)23)22-18(24)21-9-11-4-2-5-12(19)8-11/h2-8,10H,9H2,1H3,(H,20,23)(H2,21,22,24). The summed E-state index contributed by atoms with van der Waals surface area (Å²) in [5.41, 5.74) is 0.957. The number of carbonyl (C=O) groups is 1. The number of aromatic amines is 1. The van der Waals surface area contributed by atoms with Crippen LogP contribution in [0.15, 0.2) is 53.5 Å². The summed E-state index contributed by atoms with van der Waals surface area (Å²) in [7, 11) is 1.51. The number of pyridine rings is 1. The number of halogens is 1. The van der Waals surface area contributed by atoms with Crippen molar-refractivity contribution in [2.45, 2.75) is 6.54 Å². The molecule has 128 valence electrons. The second-order valence-corrected chi connectivity index (χ2v) is 5.35. The minimum absolute atomic E-state index is 0.109. The smallest absolute Gasteiger partial charge is 0.319 e. The van der Waals surface area contributed by atoms with Gasteiger partial charge in [0.15, 0.2) is 0 Å². The van der Waals surface area contributed by atoms with Crippen molar-refractivity contribution in [2.75, 3.05) is 12.4 Å². The summed E-state index contributed by atoms with van der Waals surface area (Å²) in [5.74, 6) is 0.163. The molecule has 0 unspecified atom stereocenters. The molecule has 0 radical (unpaired) electrons. The van der Waals surface area contributed by atoms with Crippen molar-refractivity contribution in [3.8, 4) is 5.75 Å². The fourth-order valence-corrected chi connectivity index (χ4v) is 2.48. The molecule has 7 heteroatoms. The van der Waals surface area contributed by atoms with Crippen LogP contribution in [0, 0.1) is 5.82 Å². The van der Waals surface area contributed by atoms with Gasteiger partial charge in [-0.25, -0.2) is 9.18 Å². The summed E-state index contributed by atoms with van der Waals surface area (Å²) in [6, 6.07) is 10.4. The number of hydrogen-bond acceptors (Lipinski definition) is 3. The first-order valence-corrected chi connectivity index (χ1v) is 7.56. The molecule has 0 fully saturated rings. The molecule has 3 rings (SSSR count). The molecule has 0 saturated carbocycles. The summed E-state index contributed by atoms with van der Waals surface area (Å²) >= 11 is 0. The van der Waals surface area contributed by atoms with Crippen LogP contribution in [0.1, 0.15) is 5.56 Å². The Balaban J connectivity index is 1.75. The number of para-hydroxylation sites is 1. The molecule has 6 nitrogen and oxygen atoms in total. The van der Waals surface area contributed by atoms with Gasteiger partial charge in [-0.2, -0.15) is 0 Å². The van der Waals surface area contributed by atoms with Crippen LogP contribution in [-0.4, -0.2) is 18.1 Å². The van der Waals surface area contributed by atoms with E-state index in [2.05, 4.69) is 15.6 Å². The minimum Gasteiger partial charge on any atom is -0.495 e. The number of amides is 2. The quantitative estimate of drug-likeness (QED) is 0.682. The summed E-state index contributed by atoms with van der Waals surface area (Å²) in [5, 5.41) is 5.48. The second kappa shape index (κ2) is 7.04. The van der Waals surface area contributed by atoms with Crippen molar-refractivity contribution in [1.82, 2.24) is 10.3 Å². The second-order valence-electron chi connectivity index (χ2n) is 5.35. The minimum atomic E-state index is -0.558. The first-order valence-electron chi connectivity index (χ1n) is 7.56. The van der Waals surface area contributed by atoms with Gasteiger partial charge in [0, 0.05) is 12.7 Å². The van der Waals surface area contributed by atoms with E-state index in [-0.39, 0.29) is 23.5 Å². The average Bonchev–Trinajstić information content (AvgIpc) is 2.62. The van der Waals surface area contributed by atoms with Gasteiger partial charge in [0.25, 0.3) is 0 Å². The van der Waals surface area contributed by atoms with E-state index in [1.807, 2.05) is 0 Å². The Labute approximate surface area is 142 Å². The molecule has 25 heavy (non-hydrogen) atoms. The lowest BCUT2D eigenvalue weighted by atomic mass is 10.2. The van der Waals surface area contributed by atoms with E-state index in [9.17, 15) is 14.0 Å². The Morgan fingerprint density at radius 3 is 2.80 bits per heavy atom. The molecule has 3 aromatic rings. The number of nitrogens with one attached hydrogen (secondary N) is 3. The van der Waals surface area contributed by atoms with Crippen molar-refractivity contribution in [1.29, 1.82) is 0 Å². The molecule has 2 amide bonds. The lowest BCUT2D eigenvalue weighted by Gasteiger charge is -2.09. The molecular formula is C18H16FN3O3. The third-order valence-corrected chi connectivity index (χ3v) is 3.69. The number of methoxy groups -OCH3 is 1. The van der Waals surface area contributed by atoms with Crippen LogP contribution >= 0.6 is 0 Å². The monoisotopic (exact) mass is 341 g/mol. The molecule has 0 atom stereocenters. The number of urea groups is 1. The van der Waals surface area contributed by atoms with Gasteiger partial charge in [-0.05, 0) is 29.8 Å². The molecule has 2 aromatic carbocycles. The van der Waals surface area contributed by atoms with Crippen molar-refractivity contribution in [3.63, 3.8) is 0 Å². The number of H-pyrrole nitrogens is 1. The first-order chi connectivity index (χ1) is 12.1. The molecule has 0 aliphatic carbocycles. The molecular weight excluding hydrogens is 325 g/mol. The van der Waals surface area contributed by atoms with Crippen LogP contribution in [-0.2, 0) is 6.54 Å². The number of rotatable bonds is 4. The fourth-order valence-electron chi connectivity index (χ4n) is 2.48.